The SMILES string of the molecule is CCOC(=O)C1CCCN(C(=O)c2cc3cccnc3n(Cc3ccc(Cl)cc3)c2=O)C1. The number of esters is 1. The van der Waals surface area contributed by atoms with Crippen LogP contribution < -0.4 is 5.56 Å². The molecule has 1 aromatic carbocycles. The van der Waals surface area contributed by atoms with E-state index >= 15 is 0 Å². The normalized spacial score (nSPS) is 16.2. The first-order valence-electron chi connectivity index (χ1n) is 10.7. The third-order valence-corrected chi connectivity index (χ3v) is 5.91. The molecule has 1 atom stereocenters. The predicted molar refractivity (Wildman–Crippen MR) is 122 cm³/mol. The Morgan fingerprint density at radius 3 is 2.75 bits per heavy atom. The Kier molecular flexibility index (Phi) is 6.55. The number of likely N-dealkylation sites (tertiary alicyclic amines) is 1. The van der Waals surface area contributed by atoms with Crippen LogP contribution in [0.4, 0.5) is 0 Å². The Bertz CT molecular complexity index is 1210. The van der Waals surface area contributed by atoms with Crippen LogP contribution in [0.3, 0.4) is 0 Å². The first kappa shape index (κ1) is 22.0. The van der Waals surface area contributed by atoms with Crippen molar-refractivity contribution in [2.45, 2.75) is 26.3 Å². The highest BCUT2D eigenvalue weighted by Crippen LogP contribution is 2.21. The minimum absolute atomic E-state index is 0.0731. The molecule has 1 aliphatic heterocycles. The summed E-state index contributed by atoms with van der Waals surface area (Å²) in [5.74, 6) is -1.04. The second-order valence-corrected chi connectivity index (χ2v) is 8.27. The van der Waals surface area contributed by atoms with Crippen molar-refractivity contribution in [3.63, 3.8) is 0 Å². The van der Waals surface area contributed by atoms with Crippen LogP contribution in [-0.4, -0.2) is 46.0 Å². The Hall–Kier alpha value is -3.19. The first-order chi connectivity index (χ1) is 15.5. The number of pyridine rings is 2. The van der Waals surface area contributed by atoms with Gasteiger partial charge in [0.05, 0.1) is 19.1 Å². The van der Waals surface area contributed by atoms with Crippen LogP contribution in [0.15, 0.2) is 53.5 Å². The van der Waals surface area contributed by atoms with E-state index in [-0.39, 0.29) is 36.4 Å². The highest BCUT2D eigenvalue weighted by Gasteiger charge is 2.31. The summed E-state index contributed by atoms with van der Waals surface area (Å²) < 4.78 is 6.64. The number of carbonyl (C=O) groups excluding carboxylic acids is 2. The van der Waals surface area contributed by atoms with E-state index in [1.807, 2.05) is 18.2 Å². The average molecular weight is 454 g/mol. The first-order valence-corrected chi connectivity index (χ1v) is 11.0. The number of nitrogens with zero attached hydrogens (tertiary/aromatic N) is 3. The minimum atomic E-state index is -0.408. The lowest BCUT2D eigenvalue weighted by Crippen LogP contribution is -2.44. The van der Waals surface area contributed by atoms with Crippen LogP contribution in [-0.2, 0) is 16.1 Å². The van der Waals surface area contributed by atoms with E-state index in [1.165, 1.54) is 4.57 Å². The summed E-state index contributed by atoms with van der Waals surface area (Å²) >= 11 is 5.98. The predicted octanol–water partition coefficient (Wildman–Crippen LogP) is 3.51. The fourth-order valence-corrected chi connectivity index (χ4v) is 4.19. The fraction of sp³-hybridized carbons (Fsp3) is 0.333. The molecule has 3 heterocycles. The molecule has 0 radical (unpaired) electrons. The van der Waals surface area contributed by atoms with Gasteiger partial charge in [-0.15, -0.1) is 0 Å². The van der Waals surface area contributed by atoms with E-state index < -0.39 is 5.56 Å². The Balaban J connectivity index is 1.70. The highest BCUT2D eigenvalue weighted by atomic mass is 35.5. The molecule has 4 rings (SSSR count). The summed E-state index contributed by atoms with van der Waals surface area (Å²) in [6.07, 6.45) is 2.98. The molecule has 0 N–H and O–H groups in total. The number of ether oxygens (including phenoxy) is 1. The standard InChI is InChI=1S/C24H24ClN3O4/c1-2-32-24(31)18-6-4-12-27(15-18)22(29)20-13-17-5-3-11-26-21(17)28(23(20)30)14-16-7-9-19(25)10-8-16/h3,5,7-11,13,18H,2,4,6,12,14-15H2,1H3. The molecule has 0 saturated carbocycles. The molecule has 1 aliphatic rings. The number of fused-ring (bicyclic) bond motifs is 1. The van der Waals surface area contributed by atoms with Crippen molar-refractivity contribution in [2.75, 3.05) is 19.7 Å². The molecular weight excluding hydrogens is 430 g/mol. The van der Waals surface area contributed by atoms with Crippen LogP contribution in [0.5, 0.6) is 0 Å². The number of amides is 1. The summed E-state index contributed by atoms with van der Waals surface area (Å²) in [4.78, 5) is 44.9. The summed E-state index contributed by atoms with van der Waals surface area (Å²) in [7, 11) is 0. The van der Waals surface area contributed by atoms with Crippen molar-refractivity contribution >= 4 is 34.5 Å². The van der Waals surface area contributed by atoms with Crippen LogP contribution in [0, 0.1) is 5.92 Å². The lowest BCUT2D eigenvalue weighted by molar-refractivity contribution is -0.149. The lowest BCUT2D eigenvalue weighted by atomic mass is 9.97. The smallest absolute Gasteiger partial charge is 0.310 e. The molecule has 1 saturated heterocycles. The van der Waals surface area contributed by atoms with E-state index in [4.69, 9.17) is 16.3 Å². The van der Waals surface area contributed by atoms with Gasteiger partial charge in [-0.1, -0.05) is 23.7 Å². The molecule has 3 aromatic rings. The number of carbonyl (C=O) groups is 2. The zero-order valence-electron chi connectivity index (χ0n) is 17.8. The van der Waals surface area contributed by atoms with Crippen LogP contribution in [0.25, 0.3) is 11.0 Å². The molecular formula is C24H24ClN3O4. The van der Waals surface area contributed by atoms with Gasteiger partial charge in [0.1, 0.15) is 11.2 Å². The third-order valence-electron chi connectivity index (χ3n) is 5.66. The van der Waals surface area contributed by atoms with Gasteiger partial charge < -0.3 is 9.64 Å². The number of halogens is 1. The average Bonchev–Trinajstić information content (AvgIpc) is 2.82. The second-order valence-electron chi connectivity index (χ2n) is 7.83. The summed E-state index contributed by atoms with van der Waals surface area (Å²) in [6.45, 7) is 3.07. The molecule has 1 amide bonds. The number of hydrogen-bond donors (Lipinski definition) is 0. The molecule has 1 unspecified atom stereocenters. The molecule has 0 aliphatic carbocycles. The van der Waals surface area contributed by atoms with Crippen molar-refractivity contribution in [2.24, 2.45) is 5.92 Å². The number of hydrogen-bond acceptors (Lipinski definition) is 5. The molecule has 32 heavy (non-hydrogen) atoms. The van der Waals surface area contributed by atoms with Gasteiger partial charge in [-0.25, -0.2) is 4.98 Å². The monoisotopic (exact) mass is 453 g/mol. The Morgan fingerprint density at radius 1 is 1.22 bits per heavy atom. The maximum Gasteiger partial charge on any atom is 0.310 e. The Labute approximate surface area is 190 Å². The molecule has 7 nitrogen and oxygen atoms in total. The third kappa shape index (κ3) is 4.53. The van der Waals surface area contributed by atoms with E-state index in [1.54, 1.807) is 42.3 Å². The largest absolute Gasteiger partial charge is 0.466 e. The van der Waals surface area contributed by atoms with Crippen molar-refractivity contribution in [3.8, 4) is 0 Å². The van der Waals surface area contributed by atoms with E-state index in [0.29, 0.717) is 42.0 Å². The lowest BCUT2D eigenvalue weighted by Gasteiger charge is -2.31. The maximum atomic E-state index is 13.4. The molecule has 166 valence electrons. The summed E-state index contributed by atoms with van der Waals surface area (Å²) in [5, 5.41) is 1.30. The fourth-order valence-electron chi connectivity index (χ4n) is 4.06. The van der Waals surface area contributed by atoms with E-state index in [9.17, 15) is 14.4 Å². The van der Waals surface area contributed by atoms with Crippen molar-refractivity contribution in [1.29, 1.82) is 0 Å². The molecule has 1 fully saturated rings. The quantitative estimate of drug-likeness (QED) is 0.552. The topological polar surface area (TPSA) is 81.5 Å². The van der Waals surface area contributed by atoms with Crippen LogP contribution >= 0.6 is 11.6 Å². The molecule has 0 spiro atoms. The van der Waals surface area contributed by atoms with Gasteiger partial charge in [0.2, 0.25) is 0 Å². The molecule has 8 heteroatoms. The number of aromatic nitrogens is 2. The zero-order chi connectivity index (χ0) is 22.7. The van der Waals surface area contributed by atoms with Crippen LogP contribution in [0.2, 0.25) is 5.02 Å². The van der Waals surface area contributed by atoms with Gasteiger partial charge >= 0.3 is 5.97 Å². The van der Waals surface area contributed by atoms with Crippen molar-refractivity contribution in [1.82, 2.24) is 14.5 Å². The van der Waals surface area contributed by atoms with Gasteiger partial charge in [0.25, 0.3) is 11.5 Å². The van der Waals surface area contributed by atoms with Gasteiger partial charge in [0.15, 0.2) is 0 Å². The maximum absolute atomic E-state index is 13.4. The van der Waals surface area contributed by atoms with Gasteiger partial charge in [-0.2, -0.15) is 0 Å². The van der Waals surface area contributed by atoms with E-state index in [2.05, 4.69) is 4.98 Å². The van der Waals surface area contributed by atoms with Crippen LogP contribution in [0.1, 0.15) is 35.7 Å². The van der Waals surface area contributed by atoms with Gasteiger partial charge in [0, 0.05) is 29.7 Å². The van der Waals surface area contributed by atoms with Crippen molar-refractivity contribution in [3.05, 3.63) is 75.2 Å². The summed E-state index contributed by atoms with van der Waals surface area (Å²) in [6, 6.07) is 12.4. The highest BCUT2D eigenvalue weighted by molar-refractivity contribution is 6.30. The van der Waals surface area contributed by atoms with E-state index in [0.717, 1.165) is 5.56 Å². The zero-order valence-corrected chi connectivity index (χ0v) is 18.5. The van der Waals surface area contributed by atoms with Gasteiger partial charge in [-0.3, -0.25) is 19.0 Å². The van der Waals surface area contributed by atoms with Gasteiger partial charge in [-0.05, 0) is 55.7 Å². The number of piperidine rings is 1. The number of benzene rings is 1. The molecule has 2 aromatic heterocycles. The van der Waals surface area contributed by atoms with Crippen molar-refractivity contribution < 1.29 is 14.3 Å². The Morgan fingerprint density at radius 2 is 2.00 bits per heavy atom. The summed E-state index contributed by atoms with van der Waals surface area (Å²) in [5.41, 5.74) is 1.04. The number of rotatable bonds is 5. The molecule has 0 bridgehead atoms. The minimum Gasteiger partial charge on any atom is -0.466 e. The second kappa shape index (κ2) is 9.53.